The van der Waals surface area contributed by atoms with Crippen LogP contribution in [0.5, 0.6) is 0 Å². The third kappa shape index (κ3) is 3.30. The molecule has 1 aromatic heterocycles. The van der Waals surface area contributed by atoms with Crippen molar-refractivity contribution in [1.82, 2.24) is 20.0 Å². The fourth-order valence-corrected chi connectivity index (χ4v) is 4.74. The van der Waals surface area contributed by atoms with E-state index in [1.165, 1.54) is 17.8 Å². The number of carbonyl (C=O) groups is 2. The van der Waals surface area contributed by atoms with Crippen LogP contribution >= 0.6 is 11.3 Å². The van der Waals surface area contributed by atoms with Crippen molar-refractivity contribution in [3.8, 4) is 0 Å². The van der Waals surface area contributed by atoms with Crippen molar-refractivity contribution in [2.24, 2.45) is 11.7 Å². The molecular formula is C16H23N5O2S. The molecular weight excluding hydrogens is 326 g/mol. The number of carbonyl (C=O) groups excluding carboxylic acids is 2. The molecule has 1 saturated carbocycles. The van der Waals surface area contributed by atoms with Gasteiger partial charge in [-0.3, -0.25) is 14.5 Å². The Labute approximate surface area is 145 Å². The first-order valence-corrected chi connectivity index (χ1v) is 9.55. The Kier molecular flexibility index (Phi) is 4.26. The van der Waals surface area contributed by atoms with Crippen LogP contribution in [-0.2, 0) is 16.1 Å². The minimum Gasteiger partial charge on any atom is -0.369 e. The van der Waals surface area contributed by atoms with Crippen LogP contribution in [0.1, 0.15) is 48.0 Å². The van der Waals surface area contributed by atoms with Gasteiger partial charge in [0.2, 0.25) is 11.8 Å². The number of piperidine rings is 1. The zero-order valence-corrected chi connectivity index (χ0v) is 14.5. The number of amides is 2. The number of hydrogen-bond donors (Lipinski definition) is 1. The molecule has 7 nitrogen and oxygen atoms in total. The average Bonchev–Trinajstić information content (AvgIpc) is 3.19. The lowest BCUT2D eigenvalue weighted by Gasteiger charge is -2.36. The summed E-state index contributed by atoms with van der Waals surface area (Å²) < 4.78 is 0. The second-order valence-electron chi connectivity index (χ2n) is 7.17. The minimum atomic E-state index is -0.356. The number of nitrogens with zero attached hydrogens (tertiary/aromatic N) is 4. The number of nitrogens with two attached hydrogens (primary N) is 1. The van der Waals surface area contributed by atoms with Gasteiger partial charge in [0.25, 0.3) is 0 Å². The molecule has 2 N–H and O–H groups in total. The highest BCUT2D eigenvalue weighted by molar-refractivity contribution is 7.11. The number of rotatable bonds is 5. The molecule has 0 spiro atoms. The molecule has 1 unspecified atom stereocenters. The van der Waals surface area contributed by atoms with Crippen molar-refractivity contribution < 1.29 is 9.59 Å². The van der Waals surface area contributed by atoms with Gasteiger partial charge in [-0.05, 0) is 25.7 Å². The molecule has 2 amide bonds. The van der Waals surface area contributed by atoms with Gasteiger partial charge in [0.1, 0.15) is 10.0 Å². The lowest BCUT2D eigenvalue weighted by atomic mass is 10.0. The highest BCUT2D eigenvalue weighted by Gasteiger charge is 2.38. The Balaban J connectivity index is 1.28. The maximum absolute atomic E-state index is 12.1. The smallest absolute Gasteiger partial charge is 0.223 e. The fraction of sp³-hybridized carbons (Fsp3) is 0.750. The van der Waals surface area contributed by atoms with E-state index in [4.69, 9.17) is 5.73 Å². The predicted molar refractivity (Wildman–Crippen MR) is 89.2 cm³/mol. The molecule has 0 bridgehead atoms. The number of primary amides is 1. The third-order valence-corrected chi connectivity index (χ3v) is 6.40. The van der Waals surface area contributed by atoms with Gasteiger partial charge in [-0.1, -0.05) is 11.3 Å². The molecule has 3 aliphatic rings. The molecule has 130 valence electrons. The molecule has 1 aromatic rings. The maximum Gasteiger partial charge on any atom is 0.223 e. The summed E-state index contributed by atoms with van der Waals surface area (Å²) in [4.78, 5) is 27.7. The molecule has 4 rings (SSSR count). The van der Waals surface area contributed by atoms with Gasteiger partial charge in [0, 0.05) is 38.0 Å². The van der Waals surface area contributed by atoms with Gasteiger partial charge in [0.15, 0.2) is 0 Å². The van der Waals surface area contributed by atoms with Crippen molar-refractivity contribution in [3.63, 3.8) is 0 Å². The van der Waals surface area contributed by atoms with Gasteiger partial charge in [-0.15, -0.1) is 10.2 Å². The monoisotopic (exact) mass is 349 g/mol. The molecule has 3 fully saturated rings. The van der Waals surface area contributed by atoms with E-state index in [9.17, 15) is 9.59 Å². The van der Waals surface area contributed by atoms with E-state index < -0.39 is 0 Å². The Morgan fingerprint density at radius 1 is 1.21 bits per heavy atom. The number of likely N-dealkylation sites (tertiary alicyclic amines) is 2. The second-order valence-corrected chi connectivity index (χ2v) is 8.26. The summed E-state index contributed by atoms with van der Waals surface area (Å²) in [5.74, 6) is 0.0839. The molecule has 0 radical (unpaired) electrons. The third-order valence-electron chi connectivity index (χ3n) is 5.33. The lowest BCUT2D eigenvalue weighted by molar-refractivity contribution is -0.130. The first-order valence-electron chi connectivity index (χ1n) is 8.73. The van der Waals surface area contributed by atoms with Gasteiger partial charge in [-0.25, -0.2) is 0 Å². The van der Waals surface area contributed by atoms with Crippen LogP contribution in [-0.4, -0.2) is 57.5 Å². The highest BCUT2D eigenvalue weighted by atomic mass is 32.1. The predicted octanol–water partition coefficient (Wildman–Crippen LogP) is 0.714. The van der Waals surface area contributed by atoms with Crippen LogP contribution in [0, 0.1) is 5.92 Å². The van der Waals surface area contributed by atoms with Crippen LogP contribution in [0.2, 0.25) is 0 Å². The Bertz CT molecular complexity index is 636. The van der Waals surface area contributed by atoms with E-state index in [1.807, 2.05) is 4.90 Å². The van der Waals surface area contributed by atoms with Crippen molar-refractivity contribution in [3.05, 3.63) is 10.0 Å². The van der Waals surface area contributed by atoms with E-state index in [0.717, 1.165) is 37.5 Å². The number of hydrogen-bond acceptors (Lipinski definition) is 6. The number of aromatic nitrogens is 2. The van der Waals surface area contributed by atoms with Crippen molar-refractivity contribution in [1.29, 1.82) is 0 Å². The van der Waals surface area contributed by atoms with Crippen molar-refractivity contribution in [2.75, 3.05) is 19.6 Å². The van der Waals surface area contributed by atoms with Crippen LogP contribution < -0.4 is 5.73 Å². The molecule has 3 heterocycles. The zero-order chi connectivity index (χ0) is 16.7. The zero-order valence-electron chi connectivity index (χ0n) is 13.7. The van der Waals surface area contributed by atoms with E-state index in [2.05, 4.69) is 15.1 Å². The summed E-state index contributed by atoms with van der Waals surface area (Å²) in [5.41, 5.74) is 5.35. The molecule has 8 heteroatoms. The van der Waals surface area contributed by atoms with E-state index in [1.54, 1.807) is 11.3 Å². The molecule has 1 aliphatic carbocycles. The van der Waals surface area contributed by atoms with Crippen LogP contribution in [0.15, 0.2) is 0 Å². The van der Waals surface area contributed by atoms with Crippen molar-refractivity contribution >= 4 is 23.2 Å². The van der Waals surface area contributed by atoms with Crippen LogP contribution in [0.4, 0.5) is 0 Å². The first-order chi connectivity index (χ1) is 11.6. The van der Waals surface area contributed by atoms with Crippen LogP contribution in [0.25, 0.3) is 0 Å². The van der Waals surface area contributed by atoms with Crippen molar-refractivity contribution in [2.45, 2.75) is 50.6 Å². The fourth-order valence-electron chi connectivity index (χ4n) is 3.68. The molecule has 24 heavy (non-hydrogen) atoms. The standard InChI is InChI=1S/C16H23N5O2S/c17-15(23)11-7-14(22)21(8-11)12-3-5-20(6-4-12)9-13-18-19-16(24-13)10-1-2-10/h10-12H,1-9H2,(H2,17,23). The Morgan fingerprint density at radius 2 is 1.96 bits per heavy atom. The molecule has 2 aliphatic heterocycles. The summed E-state index contributed by atoms with van der Waals surface area (Å²) in [5, 5.41) is 10.9. The Morgan fingerprint density at radius 3 is 2.58 bits per heavy atom. The van der Waals surface area contributed by atoms with E-state index in [0.29, 0.717) is 12.5 Å². The first kappa shape index (κ1) is 16.0. The van der Waals surface area contributed by atoms with E-state index >= 15 is 0 Å². The normalized spacial score (nSPS) is 26.2. The second kappa shape index (κ2) is 6.40. The Hall–Kier alpha value is -1.54. The van der Waals surface area contributed by atoms with Gasteiger partial charge >= 0.3 is 0 Å². The largest absolute Gasteiger partial charge is 0.369 e. The minimum absolute atomic E-state index is 0.0791. The summed E-state index contributed by atoms with van der Waals surface area (Å²) in [6.45, 7) is 3.26. The average molecular weight is 349 g/mol. The molecule has 2 saturated heterocycles. The van der Waals surface area contributed by atoms with Gasteiger partial charge in [-0.2, -0.15) is 0 Å². The van der Waals surface area contributed by atoms with Gasteiger partial charge in [0.05, 0.1) is 12.5 Å². The highest BCUT2D eigenvalue weighted by Crippen LogP contribution is 2.41. The topological polar surface area (TPSA) is 92.4 Å². The summed E-state index contributed by atoms with van der Waals surface area (Å²) in [6, 6.07) is 0.245. The van der Waals surface area contributed by atoms with Gasteiger partial charge < -0.3 is 10.6 Å². The lowest BCUT2D eigenvalue weighted by Crippen LogP contribution is -2.45. The maximum atomic E-state index is 12.1. The quantitative estimate of drug-likeness (QED) is 0.845. The van der Waals surface area contributed by atoms with E-state index in [-0.39, 0.29) is 30.2 Å². The summed E-state index contributed by atoms with van der Waals surface area (Å²) in [6.07, 6.45) is 4.70. The molecule has 1 atom stereocenters. The summed E-state index contributed by atoms with van der Waals surface area (Å²) in [7, 11) is 0. The van der Waals surface area contributed by atoms with Crippen LogP contribution in [0.3, 0.4) is 0 Å². The molecule has 0 aromatic carbocycles. The summed E-state index contributed by atoms with van der Waals surface area (Å²) >= 11 is 1.75. The SMILES string of the molecule is NC(=O)C1CC(=O)N(C2CCN(Cc3nnc(C4CC4)s3)CC2)C1.